The Morgan fingerprint density at radius 3 is 2.13 bits per heavy atom. The van der Waals surface area contributed by atoms with Gasteiger partial charge in [-0.15, -0.1) is 0 Å². The molecule has 0 aromatic heterocycles. The third-order valence-electron chi connectivity index (χ3n) is 5.80. The van der Waals surface area contributed by atoms with Crippen LogP contribution in [-0.4, -0.2) is 25.8 Å². The van der Waals surface area contributed by atoms with Gasteiger partial charge >= 0.3 is 0 Å². The monoisotopic (exact) mass is 326 g/mol. The lowest BCUT2D eigenvalue weighted by Crippen LogP contribution is -2.41. The van der Waals surface area contributed by atoms with Crippen LogP contribution in [0.5, 0.6) is 0 Å². The molecule has 0 N–H and O–H groups in total. The minimum Gasteiger partial charge on any atom is -0.353 e. The largest absolute Gasteiger partial charge is 0.353 e. The van der Waals surface area contributed by atoms with Crippen molar-refractivity contribution < 1.29 is 14.3 Å². The van der Waals surface area contributed by atoms with Crippen LogP contribution in [0, 0.1) is 11.3 Å². The molecule has 1 unspecified atom stereocenters. The van der Waals surface area contributed by atoms with Crippen molar-refractivity contribution in [2.24, 2.45) is 11.3 Å². The summed E-state index contributed by atoms with van der Waals surface area (Å²) in [5, 5.41) is 0. The van der Waals surface area contributed by atoms with E-state index in [9.17, 15) is 4.79 Å². The highest BCUT2D eigenvalue weighted by molar-refractivity contribution is 5.85. The number of hydrogen-bond acceptors (Lipinski definition) is 3. The van der Waals surface area contributed by atoms with E-state index in [-0.39, 0.29) is 5.41 Å². The van der Waals surface area contributed by atoms with Gasteiger partial charge in [0.2, 0.25) is 0 Å². The zero-order valence-corrected chi connectivity index (χ0v) is 16.1. The number of unbranched alkanes of at least 4 members (excludes halogenated alkanes) is 5. The van der Waals surface area contributed by atoms with Crippen molar-refractivity contribution >= 4 is 5.78 Å². The first kappa shape index (κ1) is 20.6. The molecule has 1 rings (SSSR count). The molecule has 3 nitrogen and oxygen atoms in total. The Hall–Kier alpha value is -0.410. The average Bonchev–Trinajstić information content (AvgIpc) is 2.51. The summed E-state index contributed by atoms with van der Waals surface area (Å²) < 4.78 is 11.4. The molecular formula is C20H38O3. The molecule has 1 saturated carbocycles. The molecule has 0 aliphatic heterocycles. The maximum Gasteiger partial charge on any atom is 0.167 e. The number of ketones is 1. The van der Waals surface area contributed by atoms with Gasteiger partial charge in [-0.3, -0.25) is 4.79 Å². The van der Waals surface area contributed by atoms with Crippen LogP contribution in [0.1, 0.15) is 91.4 Å². The number of carbonyl (C=O) groups is 1. The lowest BCUT2D eigenvalue weighted by Gasteiger charge is -2.41. The first-order valence-electron chi connectivity index (χ1n) is 9.51. The number of rotatable bonds is 13. The second kappa shape index (κ2) is 9.78. The minimum absolute atomic E-state index is 0.221. The highest BCUT2D eigenvalue weighted by Gasteiger charge is 2.41. The molecule has 136 valence electrons. The SMILES string of the molecule is CCCCCCCCC(CCC1(C)CC(=O)C1)C(C)(OC)OC. The van der Waals surface area contributed by atoms with Crippen molar-refractivity contribution in [1.29, 1.82) is 0 Å². The summed E-state index contributed by atoms with van der Waals surface area (Å²) in [4.78, 5) is 11.3. The fourth-order valence-electron chi connectivity index (χ4n) is 3.86. The standard InChI is InChI=1S/C20H38O3/c1-6-7-8-9-10-11-12-17(20(3,22-4)23-5)13-14-19(2)15-18(21)16-19/h17H,6-16H2,1-5H3. The zero-order valence-electron chi connectivity index (χ0n) is 16.1. The third-order valence-corrected chi connectivity index (χ3v) is 5.80. The van der Waals surface area contributed by atoms with Gasteiger partial charge < -0.3 is 9.47 Å². The molecule has 0 saturated heterocycles. The fourth-order valence-corrected chi connectivity index (χ4v) is 3.86. The predicted molar refractivity (Wildman–Crippen MR) is 95.5 cm³/mol. The Balaban J connectivity index is 2.44. The van der Waals surface area contributed by atoms with Crippen molar-refractivity contribution in [2.45, 2.75) is 97.2 Å². The summed E-state index contributed by atoms with van der Waals surface area (Å²) in [6.45, 7) is 6.56. The number of Topliss-reactive ketones (excluding diaryl/α,β-unsaturated/α-hetero) is 1. The molecule has 0 bridgehead atoms. The molecule has 0 radical (unpaired) electrons. The maximum absolute atomic E-state index is 11.3. The van der Waals surface area contributed by atoms with E-state index in [4.69, 9.17) is 9.47 Å². The fraction of sp³-hybridized carbons (Fsp3) is 0.950. The Bertz CT molecular complexity index is 339. The van der Waals surface area contributed by atoms with Crippen LogP contribution in [0.15, 0.2) is 0 Å². The van der Waals surface area contributed by atoms with Crippen LogP contribution in [0.2, 0.25) is 0 Å². The first-order chi connectivity index (χ1) is 10.9. The van der Waals surface area contributed by atoms with Crippen molar-refractivity contribution in [1.82, 2.24) is 0 Å². The van der Waals surface area contributed by atoms with Crippen LogP contribution >= 0.6 is 0 Å². The van der Waals surface area contributed by atoms with Gasteiger partial charge in [0.15, 0.2) is 5.79 Å². The van der Waals surface area contributed by atoms with Gasteiger partial charge in [-0.1, -0.05) is 52.4 Å². The van der Waals surface area contributed by atoms with Crippen LogP contribution < -0.4 is 0 Å². The molecule has 1 aliphatic rings. The molecule has 1 fully saturated rings. The predicted octanol–water partition coefficient (Wildman–Crippen LogP) is 5.51. The Morgan fingerprint density at radius 2 is 1.61 bits per heavy atom. The van der Waals surface area contributed by atoms with Gasteiger partial charge in [-0.25, -0.2) is 0 Å². The van der Waals surface area contributed by atoms with E-state index >= 15 is 0 Å². The molecule has 0 amide bonds. The van der Waals surface area contributed by atoms with E-state index in [1.54, 1.807) is 14.2 Å². The Labute approximate surface area is 143 Å². The quantitative estimate of drug-likeness (QED) is 0.330. The lowest BCUT2D eigenvalue weighted by molar-refractivity contribution is -0.231. The Kier molecular flexibility index (Phi) is 8.78. The van der Waals surface area contributed by atoms with Gasteiger partial charge in [0.1, 0.15) is 5.78 Å². The van der Waals surface area contributed by atoms with Crippen molar-refractivity contribution in [3.05, 3.63) is 0 Å². The Morgan fingerprint density at radius 1 is 1.04 bits per heavy atom. The molecular weight excluding hydrogens is 288 g/mol. The summed E-state index contributed by atoms with van der Waals surface area (Å²) in [5.41, 5.74) is 0.221. The van der Waals surface area contributed by atoms with E-state index in [0.717, 1.165) is 32.1 Å². The molecule has 0 aromatic carbocycles. The van der Waals surface area contributed by atoms with E-state index in [2.05, 4.69) is 20.8 Å². The van der Waals surface area contributed by atoms with Crippen LogP contribution in [0.25, 0.3) is 0 Å². The number of hydrogen-bond donors (Lipinski definition) is 0. The first-order valence-corrected chi connectivity index (χ1v) is 9.51. The van der Waals surface area contributed by atoms with Gasteiger partial charge in [-0.05, 0) is 31.6 Å². The molecule has 1 atom stereocenters. The summed E-state index contributed by atoms with van der Waals surface area (Å²) in [5.74, 6) is 0.311. The second-order valence-corrected chi connectivity index (χ2v) is 7.92. The van der Waals surface area contributed by atoms with Crippen LogP contribution in [0.3, 0.4) is 0 Å². The summed E-state index contributed by atoms with van der Waals surface area (Å²) >= 11 is 0. The highest BCUT2D eigenvalue weighted by atomic mass is 16.7. The smallest absolute Gasteiger partial charge is 0.167 e. The van der Waals surface area contributed by atoms with Gasteiger partial charge in [0.05, 0.1) is 0 Å². The minimum atomic E-state index is -0.506. The molecule has 0 spiro atoms. The summed E-state index contributed by atoms with van der Waals surface area (Å²) in [6, 6.07) is 0. The molecule has 3 heteroatoms. The van der Waals surface area contributed by atoms with Crippen LogP contribution in [-0.2, 0) is 14.3 Å². The molecule has 1 aliphatic carbocycles. The number of methoxy groups -OCH3 is 2. The van der Waals surface area contributed by atoms with Crippen molar-refractivity contribution in [2.75, 3.05) is 14.2 Å². The van der Waals surface area contributed by atoms with E-state index < -0.39 is 5.79 Å². The second-order valence-electron chi connectivity index (χ2n) is 7.92. The number of ether oxygens (including phenoxy) is 2. The van der Waals surface area contributed by atoms with Gasteiger partial charge in [0.25, 0.3) is 0 Å². The topological polar surface area (TPSA) is 35.5 Å². The van der Waals surface area contributed by atoms with Crippen molar-refractivity contribution in [3.63, 3.8) is 0 Å². The zero-order chi connectivity index (χ0) is 17.3. The number of carbonyl (C=O) groups excluding carboxylic acids is 1. The van der Waals surface area contributed by atoms with E-state index in [1.165, 1.54) is 38.5 Å². The van der Waals surface area contributed by atoms with Gasteiger partial charge in [0, 0.05) is 33.0 Å². The maximum atomic E-state index is 11.3. The molecule has 23 heavy (non-hydrogen) atoms. The summed E-state index contributed by atoms with van der Waals surface area (Å²) in [6.07, 6.45) is 12.7. The lowest BCUT2D eigenvalue weighted by atomic mass is 9.65. The van der Waals surface area contributed by atoms with Crippen LogP contribution in [0.4, 0.5) is 0 Å². The third kappa shape index (κ3) is 6.54. The average molecular weight is 327 g/mol. The van der Waals surface area contributed by atoms with E-state index in [0.29, 0.717) is 11.7 Å². The van der Waals surface area contributed by atoms with Gasteiger partial charge in [-0.2, -0.15) is 0 Å². The molecule has 0 aromatic rings. The molecule has 0 heterocycles. The summed E-state index contributed by atoms with van der Waals surface area (Å²) in [7, 11) is 3.48. The van der Waals surface area contributed by atoms with Crippen molar-refractivity contribution in [3.8, 4) is 0 Å². The highest BCUT2D eigenvalue weighted by Crippen LogP contribution is 2.44. The normalized spacial score (nSPS) is 18.7. The van der Waals surface area contributed by atoms with E-state index in [1.807, 2.05) is 0 Å².